The maximum absolute atomic E-state index is 9.69. The fourth-order valence-corrected chi connectivity index (χ4v) is 0.874. The van der Waals surface area contributed by atoms with Gasteiger partial charge >= 0.3 is 17.1 Å². The van der Waals surface area contributed by atoms with Crippen LogP contribution in [0, 0.1) is 63.7 Å². The van der Waals surface area contributed by atoms with Crippen molar-refractivity contribution >= 4 is 5.94 Å². The van der Waals surface area contributed by atoms with Crippen molar-refractivity contribution in [3.63, 3.8) is 0 Å². The summed E-state index contributed by atoms with van der Waals surface area (Å²) in [5.74, 6) is 2.61. The Morgan fingerprint density at radius 2 is 1.29 bits per heavy atom. The van der Waals surface area contributed by atoms with Crippen LogP contribution >= 0.6 is 0 Å². The van der Waals surface area contributed by atoms with E-state index >= 15 is 0 Å². The first-order valence-electron chi connectivity index (χ1n) is 4.03. The Morgan fingerprint density at radius 1 is 0.857 bits per heavy atom. The average molecular weight is 226 g/mol. The van der Waals surface area contributed by atoms with Crippen molar-refractivity contribution in [2.24, 2.45) is 0 Å². The SMILES string of the molecule is O=C=C[C]1[CH][CH][CH][CH]1.[CH]1[CH][CH][CH][CH]1.[Fe+2]. The first kappa shape index (κ1) is 14.0. The molecule has 10 radical (unpaired) electrons. The maximum atomic E-state index is 9.69. The van der Waals surface area contributed by atoms with E-state index < -0.39 is 0 Å². The molecule has 2 fully saturated rings. The van der Waals surface area contributed by atoms with Crippen molar-refractivity contribution in [2.75, 3.05) is 0 Å². The van der Waals surface area contributed by atoms with E-state index in [-0.39, 0.29) is 17.1 Å². The molecule has 2 heteroatoms. The summed E-state index contributed by atoms with van der Waals surface area (Å²) in [4.78, 5) is 9.69. The van der Waals surface area contributed by atoms with Crippen LogP contribution in [-0.2, 0) is 21.9 Å². The molecule has 0 amide bonds. The third-order valence-corrected chi connectivity index (χ3v) is 1.47. The zero-order chi connectivity index (χ0) is 9.36. The van der Waals surface area contributed by atoms with Crippen molar-refractivity contribution < 1.29 is 21.9 Å². The third kappa shape index (κ3) is 6.43. The molecule has 0 saturated heterocycles. The molecule has 1 nitrogen and oxygen atoms in total. The van der Waals surface area contributed by atoms with E-state index in [0.717, 1.165) is 5.92 Å². The molecule has 0 unspecified atom stereocenters. The maximum Gasteiger partial charge on any atom is 2.00 e. The van der Waals surface area contributed by atoms with Gasteiger partial charge in [0.1, 0.15) is 5.94 Å². The van der Waals surface area contributed by atoms with Gasteiger partial charge in [-0.3, -0.25) is 0 Å². The molecule has 14 heavy (non-hydrogen) atoms. The molecule has 0 aromatic carbocycles. The largest absolute Gasteiger partial charge is 2.00 e. The van der Waals surface area contributed by atoms with Gasteiger partial charge in [0, 0.05) is 12.0 Å². The summed E-state index contributed by atoms with van der Waals surface area (Å²) in [5.41, 5.74) is 0. The van der Waals surface area contributed by atoms with E-state index in [4.69, 9.17) is 0 Å². The van der Waals surface area contributed by atoms with Crippen LogP contribution in [0.4, 0.5) is 0 Å². The normalized spacial score (nSPS) is 20.3. The quantitative estimate of drug-likeness (QED) is 0.492. The van der Waals surface area contributed by atoms with Gasteiger partial charge in [0.15, 0.2) is 0 Å². The molecule has 70 valence electrons. The number of carbonyl (C=O) groups excluding carboxylic acids is 1. The van der Waals surface area contributed by atoms with Crippen LogP contribution in [-0.4, -0.2) is 5.94 Å². The molecule has 0 aromatic heterocycles. The predicted molar refractivity (Wildman–Crippen MR) is 52.2 cm³/mol. The van der Waals surface area contributed by atoms with E-state index in [1.807, 2.05) is 57.8 Å². The second kappa shape index (κ2) is 9.52. The zero-order valence-electron chi connectivity index (χ0n) is 7.54. The molecule has 0 atom stereocenters. The smallest absolute Gasteiger partial charge is 0.234 e. The third-order valence-electron chi connectivity index (χ3n) is 1.47. The minimum absolute atomic E-state index is 0. The molecular weight excluding hydrogens is 216 g/mol. The Kier molecular flexibility index (Phi) is 9.50. The molecule has 0 aliphatic heterocycles. The Hall–Kier alpha value is -0.0305. The Morgan fingerprint density at radius 3 is 1.64 bits per heavy atom. The topological polar surface area (TPSA) is 17.1 Å². The fourth-order valence-electron chi connectivity index (χ4n) is 0.874. The predicted octanol–water partition coefficient (Wildman–Crippen LogP) is 1.80. The first-order valence-corrected chi connectivity index (χ1v) is 4.03. The van der Waals surface area contributed by atoms with E-state index in [1.54, 1.807) is 5.94 Å². The second-order valence-electron chi connectivity index (χ2n) is 2.44. The van der Waals surface area contributed by atoms with Gasteiger partial charge in [0.25, 0.3) is 0 Å². The van der Waals surface area contributed by atoms with Gasteiger partial charge in [-0.05, 0) is 57.8 Å². The summed E-state index contributed by atoms with van der Waals surface area (Å²) in [6.07, 6.45) is 18.9. The van der Waals surface area contributed by atoms with Crippen LogP contribution in [0.1, 0.15) is 0 Å². The minimum atomic E-state index is 0. The summed E-state index contributed by atoms with van der Waals surface area (Å²) in [5, 5.41) is 0. The molecular formula is C12H10FeO+2. The van der Waals surface area contributed by atoms with E-state index in [9.17, 15) is 4.79 Å². The van der Waals surface area contributed by atoms with Gasteiger partial charge in [-0.25, -0.2) is 4.79 Å². The van der Waals surface area contributed by atoms with Gasteiger partial charge < -0.3 is 0 Å². The van der Waals surface area contributed by atoms with Crippen LogP contribution in [0.15, 0.2) is 6.08 Å². The molecule has 0 aromatic rings. The molecule has 2 aliphatic rings. The van der Waals surface area contributed by atoms with Gasteiger partial charge in [0.05, 0.1) is 0 Å². The summed E-state index contributed by atoms with van der Waals surface area (Å²) in [7, 11) is 0. The standard InChI is InChI=1S/C7H5O.C5H5.Fe/c8-6-5-7-3-1-2-4-7;1-2-4-5-3-1;/h1-5H;1-5H;/q;;+2. The Bertz CT molecular complexity index is 156. The Balaban J connectivity index is 0.000000246. The second-order valence-corrected chi connectivity index (χ2v) is 2.44. The molecule has 0 heterocycles. The summed E-state index contributed by atoms with van der Waals surface area (Å²) < 4.78 is 0. The van der Waals surface area contributed by atoms with Gasteiger partial charge in [-0.1, -0.05) is 0 Å². The summed E-state index contributed by atoms with van der Waals surface area (Å²) in [6, 6.07) is 0. The molecule has 2 saturated carbocycles. The molecule has 2 rings (SSSR count). The average Bonchev–Trinajstić information content (AvgIpc) is 2.79. The van der Waals surface area contributed by atoms with E-state index in [2.05, 4.69) is 0 Å². The molecule has 2 aliphatic carbocycles. The van der Waals surface area contributed by atoms with Crippen LogP contribution in [0.25, 0.3) is 0 Å². The molecule has 0 bridgehead atoms. The van der Waals surface area contributed by atoms with Crippen molar-refractivity contribution in [1.82, 2.24) is 0 Å². The van der Waals surface area contributed by atoms with Crippen LogP contribution in [0.2, 0.25) is 0 Å². The first-order chi connectivity index (χ1) is 6.43. The summed E-state index contributed by atoms with van der Waals surface area (Å²) >= 11 is 0. The monoisotopic (exact) mass is 226 g/mol. The van der Waals surface area contributed by atoms with E-state index in [0.29, 0.717) is 0 Å². The zero-order valence-corrected chi connectivity index (χ0v) is 8.64. The Labute approximate surface area is 97.8 Å². The number of hydrogen-bond donors (Lipinski definition) is 0. The van der Waals surface area contributed by atoms with Gasteiger partial charge in [0.2, 0.25) is 0 Å². The molecule has 0 N–H and O–H groups in total. The van der Waals surface area contributed by atoms with Crippen molar-refractivity contribution in [3.8, 4) is 0 Å². The molecule has 0 spiro atoms. The van der Waals surface area contributed by atoms with Crippen LogP contribution < -0.4 is 0 Å². The number of rotatable bonds is 1. The van der Waals surface area contributed by atoms with Crippen LogP contribution in [0.5, 0.6) is 0 Å². The van der Waals surface area contributed by atoms with Crippen molar-refractivity contribution in [2.45, 2.75) is 0 Å². The van der Waals surface area contributed by atoms with Crippen molar-refractivity contribution in [3.05, 3.63) is 69.8 Å². The number of hydrogen-bond acceptors (Lipinski definition) is 1. The van der Waals surface area contributed by atoms with Crippen LogP contribution in [0.3, 0.4) is 0 Å². The minimum Gasteiger partial charge on any atom is -0.234 e. The fraction of sp³-hybridized carbons (Fsp3) is 0. The summed E-state index contributed by atoms with van der Waals surface area (Å²) in [6.45, 7) is 0. The number of allylic oxidation sites excluding steroid dienone is 1. The van der Waals surface area contributed by atoms with Gasteiger partial charge in [-0.15, -0.1) is 0 Å². The van der Waals surface area contributed by atoms with Gasteiger partial charge in [-0.2, -0.15) is 0 Å². The van der Waals surface area contributed by atoms with E-state index in [1.165, 1.54) is 6.08 Å². The van der Waals surface area contributed by atoms with Crippen molar-refractivity contribution in [1.29, 1.82) is 0 Å².